The number of rotatable bonds is 5. The number of nitrogens with zero attached hydrogens (tertiary/aromatic N) is 3. The summed E-state index contributed by atoms with van der Waals surface area (Å²) in [6.45, 7) is 1.49. The lowest BCUT2D eigenvalue weighted by molar-refractivity contribution is 0.205. The monoisotopic (exact) mass is 435 g/mol. The zero-order chi connectivity index (χ0) is 15.6. The normalized spacial score (nSPS) is 12.9. The van der Waals surface area contributed by atoms with Crippen molar-refractivity contribution in [1.29, 1.82) is 0 Å². The van der Waals surface area contributed by atoms with E-state index in [0.29, 0.717) is 17.3 Å². The summed E-state index contributed by atoms with van der Waals surface area (Å²) in [5.41, 5.74) is 1.37. The quantitative estimate of drug-likeness (QED) is 0.776. The number of hydrogen-bond acceptors (Lipinski definition) is 3. The molecule has 0 saturated heterocycles. The van der Waals surface area contributed by atoms with Crippen molar-refractivity contribution in [3.8, 4) is 0 Å². The minimum Gasteiger partial charge on any atom is -0.382 e. The van der Waals surface area contributed by atoms with Crippen LogP contribution in [0, 0.1) is 0 Å². The second kappa shape index (κ2) is 7.24. The maximum Gasteiger partial charge on any atom is 0.122 e. The Morgan fingerprint density at radius 2 is 1.90 bits per heavy atom. The van der Waals surface area contributed by atoms with Crippen LogP contribution < -0.4 is 0 Å². The molecule has 114 valence electrons. The average molecular weight is 438 g/mol. The maximum absolute atomic E-state index is 10.7. The van der Waals surface area contributed by atoms with E-state index in [1.807, 2.05) is 32.3 Å². The van der Waals surface area contributed by atoms with Gasteiger partial charge in [-0.25, -0.2) is 0 Å². The molecule has 0 aliphatic heterocycles. The van der Waals surface area contributed by atoms with Gasteiger partial charge in [0, 0.05) is 15.5 Å². The number of aliphatic hydroxyl groups is 1. The topological polar surface area (TPSA) is 41.3 Å². The molecule has 0 fully saturated rings. The van der Waals surface area contributed by atoms with Gasteiger partial charge in [0.25, 0.3) is 0 Å². The predicted molar refractivity (Wildman–Crippen MR) is 91.7 cm³/mol. The van der Waals surface area contributed by atoms with Crippen molar-refractivity contribution in [1.82, 2.24) is 14.7 Å². The highest BCUT2D eigenvalue weighted by Gasteiger charge is 2.20. The first-order chi connectivity index (χ1) is 9.88. The largest absolute Gasteiger partial charge is 0.382 e. The predicted octanol–water partition coefficient (Wildman–Crippen LogP) is 3.70. The van der Waals surface area contributed by atoms with Crippen LogP contribution >= 0.6 is 43.5 Å². The summed E-state index contributed by atoms with van der Waals surface area (Å²) in [5.74, 6) is 0. The first-order valence-electron chi connectivity index (χ1n) is 6.38. The Kier molecular flexibility index (Phi) is 5.85. The standard InChI is InChI=1S/C14H16Br2ClN3O/c1-19(2)3-4-20-13(12(17)8-18-20)14(21)9-5-10(15)7-11(16)6-9/h5-8,14,21H,3-4H2,1-2H3. The number of aromatic nitrogens is 2. The highest BCUT2D eigenvalue weighted by molar-refractivity contribution is 9.11. The van der Waals surface area contributed by atoms with Gasteiger partial charge in [-0.2, -0.15) is 5.10 Å². The van der Waals surface area contributed by atoms with Crippen molar-refractivity contribution >= 4 is 43.5 Å². The van der Waals surface area contributed by atoms with Gasteiger partial charge in [-0.1, -0.05) is 43.5 Å². The summed E-state index contributed by atoms with van der Waals surface area (Å²) in [6, 6.07) is 5.66. The lowest BCUT2D eigenvalue weighted by Crippen LogP contribution is -2.21. The zero-order valence-electron chi connectivity index (χ0n) is 11.7. The molecule has 0 aliphatic carbocycles. The molecule has 4 nitrogen and oxygen atoms in total. The molecule has 1 N–H and O–H groups in total. The molecule has 1 aromatic heterocycles. The third-order valence-corrected chi connectivity index (χ3v) is 4.26. The summed E-state index contributed by atoms with van der Waals surface area (Å²) in [4.78, 5) is 2.06. The molecule has 2 aromatic rings. The van der Waals surface area contributed by atoms with Gasteiger partial charge < -0.3 is 10.0 Å². The van der Waals surface area contributed by atoms with E-state index in [9.17, 15) is 5.11 Å². The minimum atomic E-state index is -0.823. The number of likely N-dealkylation sites (N-methyl/N-ethyl adjacent to an activating group) is 1. The second-order valence-corrected chi connectivity index (χ2v) is 7.25. The fourth-order valence-electron chi connectivity index (χ4n) is 2.01. The number of halogens is 3. The highest BCUT2D eigenvalue weighted by Crippen LogP contribution is 2.31. The van der Waals surface area contributed by atoms with Crippen molar-refractivity contribution in [2.45, 2.75) is 12.6 Å². The molecule has 0 bridgehead atoms. The molecule has 0 radical (unpaired) electrons. The minimum absolute atomic E-state index is 0.470. The van der Waals surface area contributed by atoms with Crippen LogP contribution in [0.2, 0.25) is 5.02 Å². The van der Waals surface area contributed by atoms with E-state index in [2.05, 4.69) is 41.9 Å². The SMILES string of the molecule is CN(C)CCn1ncc(Cl)c1C(O)c1cc(Br)cc(Br)c1. The molecule has 0 amide bonds. The molecule has 0 saturated carbocycles. The smallest absolute Gasteiger partial charge is 0.122 e. The van der Waals surface area contributed by atoms with E-state index in [1.54, 1.807) is 10.9 Å². The van der Waals surface area contributed by atoms with E-state index in [-0.39, 0.29) is 0 Å². The lowest BCUT2D eigenvalue weighted by Gasteiger charge is -2.17. The van der Waals surface area contributed by atoms with Crippen LogP contribution in [-0.2, 0) is 6.54 Å². The first-order valence-corrected chi connectivity index (χ1v) is 8.35. The Morgan fingerprint density at radius 3 is 2.48 bits per heavy atom. The summed E-state index contributed by atoms with van der Waals surface area (Å²) < 4.78 is 3.53. The van der Waals surface area contributed by atoms with Crippen LogP contribution in [0.5, 0.6) is 0 Å². The summed E-state index contributed by atoms with van der Waals surface area (Å²) >= 11 is 13.1. The van der Waals surface area contributed by atoms with Crippen LogP contribution in [0.1, 0.15) is 17.4 Å². The van der Waals surface area contributed by atoms with Gasteiger partial charge in [0.1, 0.15) is 6.10 Å². The molecule has 1 atom stereocenters. The van der Waals surface area contributed by atoms with Crippen molar-refractivity contribution in [3.63, 3.8) is 0 Å². The maximum atomic E-state index is 10.7. The molecule has 1 heterocycles. The Morgan fingerprint density at radius 1 is 1.29 bits per heavy atom. The fraction of sp³-hybridized carbons (Fsp3) is 0.357. The van der Waals surface area contributed by atoms with Crippen molar-refractivity contribution in [2.75, 3.05) is 20.6 Å². The molecule has 2 rings (SSSR count). The van der Waals surface area contributed by atoms with E-state index in [4.69, 9.17) is 11.6 Å². The van der Waals surface area contributed by atoms with Crippen LogP contribution in [0.4, 0.5) is 0 Å². The Labute approximate surface area is 146 Å². The van der Waals surface area contributed by atoms with E-state index < -0.39 is 6.10 Å². The first kappa shape index (κ1) is 17.0. The number of benzene rings is 1. The van der Waals surface area contributed by atoms with Crippen LogP contribution in [-0.4, -0.2) is 40.4 Å². The molecule has 1 aromatic carbocycles. The third kappa shape index (κ3) is 4.29. The molecule has 1 unspecified atom stereocenters. The Balaban J connectivity index is 2.33. The molecular weight excluding hydrogens is 421 g/mol. The van der Waals surface area contributed by atoms with Crippen LogP contribution in [0.15, 0.2) is 33.3 Å². The van der Waals surface area contributed by atoms with E-state index in [0.717, 1.165) is 21.1 Å². The van der Waals surface area contributed by atoms with Crippen molar-refractivity contribution < 1.29 is 5.11 Å². The van der Waals surface area contributed by atoms with Crippen LogP contribution in [0.3, 0.4) is 0 Å². The Hall–Kier alpha value is -0.400. The van der Waals surface area contributed by atoms with Gasteiger partial charge in [0.05, 0.1) is 23.5 Å². The zero-order valence-corrected chi connectivity index (χ0v) is 15.7. The second-order valence-electron chi connectivity index (χ2n) is 5.01. The van der Waals surface area contributed by atoms with Gasteiger partial charge >= 0.3 is 0 Å². The van der Waals surface area contributed by atoms with Gasteiger partial charge in [0.2, 0.25) is 0 Å². The van der Waals surface area contributed by atoms with Gasteiger partial charge in [0.15, 0.2) is 0 Å². The van der Waals surface area contributed by atoms with Crippen LogP contribution in [0.25, 0.3) is 0 Å². The van der Waals surface area contributed by atoms with Gasteiger partial charge in [-0.3, -0.25) is 4.68 Å². The van der Waals surface area contributed by atoms with Gasteiger partial charge in [-0.05, 0) is 37.9 Å². The molecule has 0 spiro atoms. The summed E-state index contributed by atoms with van der Waals surface area (Å²) in [5, 5.41) is 15.4. The third-order valence-electron chi connectivity index (χ3n) is 3.05. The van der Waals surface area contributed by atoms with Crippen molar-refractivity contribution in [2.24, 2.45) is 0 Å². The van der Waals surface area contributed by atoms with Crippen molar-refractivity contribution in [3.05, 3.63) is 49.6 Å². The Bertz CT molecular complexity index is 610. The lowest BCUT2D eigenvalue weighted by atomic mass is 10.1. The van der Waals surface area contributed by atoms with E-state index in [1.165, 1.54) is 0 Å². The highest BCUT2D eigenvalue weighted by atomic mass is 79.9. The average Bonchev–Trinajstić information content (AvgIpc) is 2.75. The number of aliphatic hydroxyl groups excluding tert-OH is 1. The summed E-state index contributed by atoms with van der Waals surface area (Å²) in [7, 11) is 3.99. The molecular formula is C14H16Br2ClN3O. The summed E-state index contributed by atoms with van der Waals surface area (Å²) in [6.07, 6.45) is 0.749. The molecule has 7 heteroatoms. The number of hydrogen-bond donors (Lipinski definition) is 1. The van der Waals surface area contributed by atoms with Gasteiger partial charge in [-0.15, -0.1) is 0 Å². The fourth-order valence-corrected chi connectivity index (χ4v) is 3.58. The molecule has 0 aliphatic rings. The van der Waals surface area contributed by atoms with E-state index >= 15 is 0 Å². The molecule has 21 heavy (non-hydrogen) atoms.